The van der Waals surface area contributed by atoms with Gasteiger partial charge in [0.15, 0.2) is 0 Å². The summed E-state index contributed by atoms with van der Waals surface area (Å²) in [5, 5.41) is 6.54. The first-order valence-corrected chi connectivity index (χ1v) is 7.68. The number of amides is 1. The Hall–Kier alpha value is -1.55. The number of carbonyl (C=O) groups excluding carboxylic acids is 1. The molecule has 116 valence electrons. The number of anilines is 1. The molecule has 0 aromatic heterocycles. The minimum atomic E-state index is 0.0784. The van der Waals surface area contributed by atoms with Crippen LogP contribution in [0.4, 0.5) is 5.69 Å². The first-order chi connectivity index (χ1) is 9.85. The summed E-state index contributed by atoms with van der Waals surface area (Å²) in [5.74, 6) is 0.110. The van der Waals surface area contributed by atoms with Crippen molar-refractivity contribution < 1.29 is 4.79 Å². The third-order valence-electron chi connectivity index (χ3n) is 3.54. The van der Waals surface area contributed by atoms with Crippen molar-refractivity contribution in [2.24, 2.45) is 0 Å². The summed E-state index contributed by atoms with van der Waals surface area (Å²) in [6.07, 6.45) is 2.25. The van der Waals surface area contributed by atoms with E-state index in [4.69, 9.17) is 0 Å². The Kier molecular flexibility index (Phi) is 4.88. The van der Waals surface area contributed by atoms with Crippen molar-refractivity contribution in [1.82, 2.24) is 10.6 Å². The van der Waals surface area contributed by atoms with Crippen molar-refractivity contribution in [3.8, 4) is 0 Å². The molecule has 0 saturated heterocycles. The highest BCUT2D eigenvalue weighted by Gasteiger charge is 2.23. The van der Waals surface area contributed by atoms with Gasteiger partial charge in [0.25, 0.3) is 0 Å². The number of nitrogens with zero attached hydrogens (tertiary/aromatic N) is 1. The zero-order valence-corrected chi connectivity index (χ0v) is 13.6. The Morgan fingerprint density at radius 2 is 1.95 bits per heavy atom. The van der Waals surface area contributed by atoms with Crippen molar-refractivity contribution in [3.63, 3.8) is 0 Å². The minimum Gasteiger partial charge on any atom is -0.365 e. The monoisotopic (exact) mass is 289 g/mol. The highest BCUT2D eigenvalue weighted by molar-refractivity contribution is 5.82. The molecule has 1 aromatic rings. The molecule has 2 N–H and O–H groups in total. The lowest BCUT2D eigenvalue weighted by Crippen LogP contribution is -2.38. The van der Waals surface area contributed by atoms with E-state index in [1.165, 1.54) is 5.56 Å². The molecule has 1 saturated carbocycles. The largest absolute Gasteiger partial charge is 0.365 e. The molecule has 0 atom stereocenters. The van der Waals surface area contributed by atoms with Gasteiger partial charge in [-0.05, 0) is 45.2 Å². The van der Waals surface area contributed by atoms with Crippen LogP contribution in [0.5, 0.6) is 0 Å². The van der Waals surface area contributed by atoms with Crippen LogP contribution in [0.3, 0.4) is 0 Å². The maximum Gasteiger partial charge on any atom is 0.239 e. The topological polar surface area (TPSA) is 44.4 Å². The zero-order valence-electron chi connectivity index (χ0n) is 13.6. The van der Waals surface area contributed by atoms with Crippen LogP contribution < -0.4 is 15.5 Å². The highest BCUT2D eigenvalue weighted by Crippen LogP contribution is 2.21. The van der Waals surface area contributed by atoms with Gasteiger partial charge in [-0.15, -0.1) is 0 Å². The van der Waals surface area contributed by atoms with E-state index in [-0.39, 0.29) is 11.4 Å². The molecular weight excluding hydrogens is 262 g/mol. The number of hydrogen-bond donors (Lipinski definition) is 2. The van der Waals surface area contributed by atoms with Gasteiger partial charge >= 0.3 is 0 Å². The molecule has 0 spiro atoms. The molecule has 0 radical (unpaired) electrons. The maximum atomic E-state index is 11.9. The van der Waals surface area contributed by atoms with Crippen LogP contribution in [-0.4, -0.2) is 31.1 Å². The molecule has 21 heavy (non-hydrogen) atoms. The van der Waals surface area contributed by atoms with E-state index in [0.717, 1.165) is 25.1 Å². The van der Waals surface area contributed by atoms with Gasteiger partial charge in [-0.2, -0.15) is 0 Å². The average Bonchev–Trinajstić information content (AvgIpc) is 3.19. The van der Waals surface area contributed by atoms with Crippen molar-refractivity contribution in [3.05, 3.63) is 29.8 Å². The molecule has 1 aliphatic rings. The SMILES string of the molecule is CN(CC(=O)NC1CC1)c1ccccc1CNC(C)(C)C. The molecule has 1 aromatic carbocycles. The van der Waals surface area contributed by atoms with E-state index in [1.807, 2.05) is 24.1 Å². The van der Waals surface area contributed by atoms with Gasteiger partial charge in [0.05, 0.1) is 6.54 Å². The van der Waals surface area contributed by atoms with Gasteiger partial charge in [0.2, 0.25) is 5.91 Å². The van der Waals surface area contributed by atoms with E-state index in [2.05, 4.69) is 43.5 Å². The third-order valence-corrected chi connectivity index (χ3v) is 3.54. The Balaban J connectivity index is 1.98. The lowest BCUT2D eigenvalue weighted by Gasteiger charge is -2.25. The molecule has 0 unspecified atom stereocenters. The van der Waals surface area contributed by atoms with Gasteiger partial charge < -0.3 is 15.5 Å². The first kappa shape index (κ1) is 15.8. The molecule has 0 bridgehead atoms. The van der Waals surface area contributed by atoms with Gasteiger partial charge in [0, 0.05) is 30.9 Å². The fourth-order valence-corrected chi connectivity index (χ4v) is 2.19. The summed E-state index contributed by atoms with van der Waals surface area (Å²) in [5.41, 5.74) is 2.41. The van der Waals surface area contributed by atoms with Crippen molar-refractivity contribution >= 4 is 11.6 Å². The zero-order chi connectivity index (χ0) is 15.5. The second-order valence-electron chi connectivity index (χ2n) is 6.93. The molecule has 0 heterocycles. The average molecular weight is 289 g/mol. The van der Waals surface area contributed by atoms with E-state index < -0.39 is 0 Å². The summed E-state index contributed by atoms with van der Waals surface area (Å²) < 4.78 is 0. The van der Waals surface area contributed by atoms with Gasteiger partial charge in [0.1, 0.15) is 0 Å². The normalized spacial score (nSPS) is 14.9. The van der Waals surface area contributed by atoms with Gasteiger partial charge in [-0.25, -0.2) is 0 Å². The molecule has 2 rings (SSSR count). The second kappa shape index (κ2) is 6.48. The fraction of sp³-hybridized carbons (Fsp3) is 0.588. The Morgan fingerprint density at radius 3 is 2.57 bits per heavy atom. The van der Waals surface area contributed by atoms with Crippen LogP contribution in [0, 0.1) is 0 Å². The molecular formula is C17H27N3O. The second-order valence-corrected chi connectivity index (χ2v) is 6.93. The number of rotatable bonds is 6. The Bertz CT molecular complexity index is 489. The smallest absolute Gasteiger partial charge is 0.239 e. The molecule has 4 nitrogen and oxygen atoms in total. The van der Waals surface area contributed by atoms with Crippen LogP contribution in [0.1, 0.15) is 39.2 Å². The standard InChI is InChI=1S/C17H27N3O/c1-17(2,3)18-11-13-7-5-6-8-15(13)20(4)12-16(21)19-14-9-10-14/h5-8,14,18H,9-12H2,1-4H3,(H,19,21). The molecule has 4 heteroatoms. The lowest BCUT2D eigenvalue weighted by molar-refractivity contribution is -0.119. The first-order valence-electron chi connectivity index (χ1n) is 7.68. The van der Waals surface area contributed by atoms with Gasteiger partial charge in [-0.3, -0.25) is 4.79 Å². The summed E-state index contributed by atoms with van der Waals surface area (Å²) >= 11 is 0. The quantitative estimate of drug-likeness (QED) is 0.844. The highest BCUT2D eigenvalue weighted by atomic mass is 16.2. The van der Waals surface area contributed by atoms with E-state index in [1.54, 1.807) is 0 Å². The number of carbonyl (C=O) groups is 1. The van der Waals surface area contributed by atoms with Crippen LogP contribution in [0.25, 0.3) is 0 Å². The Morgan fingerprint density at radius 1 is 1.29 bits per heavy atom. The number of para-hydroxylation sites is 1. The van der Waals surface area contributed by atoms with E-state index >= 15 is 0 Å². The van der Waals surface area contributed by atoms with E-state index in [0.29, 0.717) is 12.6 Å². The summed E-state index contributed by atoms with van der Waals surface area (Å²) in [6, 6.07) is 8.67. The summed E-state index contributed by atoms with van der Waals surface area (Å²) in [7, 11) is 1.97. The van der Waals surface area contributed by atoms with Crippen LogP contribution >= 0.6 is 0 Å². The predicted molar refractivity (Wildman–Crippen MR) is 87.5 cm³/mol. The van der Waals surface area contributed by atoms with E-state index in [9.17, 15) is 4.79 Å². The molecule has 0 aliphatic heterocycles. The van der Waals surface area contributed by atoms with Crippen molar-refractivity contribution in [2.75, 3.05) is 18.5 Å². The third kappa shape index (κ3) is 5.38. The number of benzene rings is 1. The number of likely N-dealkylation sites (N-methyl/N-ethyl adjacent to an activating group) is 1. The fourth-order valence-electron chi connectivity index (χ4n) is 2.19. The molecule has 1 fully saturated rings. The Labute approximate surface area is 127 Å². The van der Waals surface area contributed by atoms with Crippen molar-refractivity contribution in [2.45, 2.75) is 51.7 Å². The van der Waals surface area contributed by atoms with Crippen LogP contribution in [-0.2, 0) is 11.3 Å². The predicted octanol–water partition coefficient (Wildman–Crippen LogP) is 2.29. The number of nitrogens with one attached hydrogen (secondary N) is 2. The summed E-state index contributed by atoms with van der Waals surface area (Å²) in [6.45, 7) is 7.67. The minimum absolute atomic E-state index is 0.0784. The van der Waals surface area contributed by atoms with Gasteiger partial charge in [-0.1, -0.05) is 18.2 Å². The number of hydrogen-bond acceptors (Lipinski definition) is 3. The molecule has 1 aliphatic carbocycles. The van der Waals surface area contributed by atoms with Crippen LogP contribution in [0.2, 0.25) is 0 Å². The lowest BCUT2D eigenvalue weighted by atomic mass is 10.1. The summed E-state index contributed by atoms with van der Waals surface area (Å²) in [4.78, 5) is 14.0. The van der Waals surface area contributed by atoms with Crippen LogP contribution in [0.15, 0.2) is 24.3 Å². The maximum absolute atomic E-state index is 11.9. The molecule has 1 amide bonds. The van der Waals surface area contributed by atoms with Crippen molar-refractivity contribution in [1.29, 1.82) is 0 Å².